The van der Waals surface area contributed by atoms with Crippen molar-refractivity contribution in [2.75, 3.05) is 18.5 Å². The van der Waals surface area contributed by atoms with Crippen LogP contribution >= 0.6 is 0 Å². The summed E-state index contributed by atoms with van der Waals surface area (Å²) in [5, 5.41) is 4.26. The molecule has 30 heavy (non-hydrogen) atoms. The van der Waals surface area contributed by atoms with Crippen LogP contribution in [-0.2, 0) is 20.7 Å². The van der Waals surface area contributed by atoms with Crippen LogP contribution in [0, 0.1) is 6.92 Å². The Morgan fingerprint density at radius 3 is 2.87 bits per heavy atom. The SMILES string of the molecule is CCOC(=O)CN1C(=O)[C@H](Cc2c[nH]c3ccccc23)N=C1Nc1cccc(C)c1. The lowest BCUT2D eigenvalue weighted by atomic mass is 10.1. The molecule has 1 aromatic heterocycles. The van der Waals surface area contributed by atoms with E-state index in [0.29, 0.717) is 12.4 Å². The number of anilines is 1. The normalized spacial score (nSPS) is 16.1. The number of hydrogen-bond acceptors (Lipinski definition) is 5. The molecule has 2 heterocycles. The van der Waals surface area contributed by atoms with Crippen LogP contribution in [0.4, 0.5) is 5.69 Å². The van der Waals surface area contributed by atoms with Crippen molar-refractivity contribution in [3.05, 3.63) is 65.9 Å². The van der Waals surface area contributed by atoms with Crippen molar-refractivity contribution in [2.45, 2.75) is 26.3 Å². The first-order valence-corrected chi connectivity index (χ1v) is 9.98. The summed E-state index contributed by atoms with van der Waals surface area (Å²) in [6.45, 7) is 3.82. The average molecular weight is 404 g/mol. The Morgan fingerprint density at radius 2 is 2.07 bits per heavy atom. The first kappa shape index (κ1) is 19.7. The fourth-order valence-electron chi connectivity index (χ4n) is 3.64. The number of guanidine groups is 1. The lowest BCUT2D eigenvalue weighted by molar-refractivity contribution is -0.146. The summed E-state index contributed by atoms with van der Waals surface area (Å²) in [7, 11) is 0. The van der Waals surface area contributed by atoms with Gasteiger partial charge in [-0.3, -0.25) is 14.5 Å². The maximum absolute atomic E-state index is 13.1. The molecule has 0 unspecified atom stereocenters. The summed E-state index contributed by atoms with van der Waals surface area (Å²) >= 11 is 0. The molecule has 1 aliphatic rings. The molecule has 1 aliphatic heterocycles. The van der Waals surface area contributed by atoms with Gasteiger partial charge in [0.2, 0.25) is 5.96 Å². The van der Waals surface area contributed by atoms with Crippen LogP contribution in [0.2, 0.25) is 0 Å². The van der Waals surface area contributed by atoms with E-state index in [0.717, 1.165) is 27.7 Å². The largest absolute Gasteiger partial charge is 0.465 e. The van der Waals surface area contributed by atoms with E-state index in [9.17, 15) is 9.59 Å². The highest BCUT2D eigenvalue weighted by Gasteiger charge is 2.36. The maximum Gasteiger partial charge on any atom is 0.326 e. The zero-order valence-corrected chi connectivity index (χ0v) is 17.0. The molecule has 7 heteroatoms. The van der Waals surface area contributed by atoms with E-state index in [1.54, 1.807) is 6.92 Å². The van der Waals surface area contributed by atoms with E-state index in [-0.39, 0.29) is 19.1 Å². The number of aromatic nitrogens is 1. The summed E-state index contributed by atoms with van der Waals surface area (Å²) in [6, 6.07) is 15.1. The van der Waals surface area contributed by atoms with E-state index in [1.807, 2.05) is 61.7 Å². The average Bonchev–Trinajstić information content (AvgIpc) is 3.25. The molecule has 3 aromatic rings. The fraction of sp³-hybridized carbons (Fsp3) is 0.261. The first-order chi connectivity index (χ1) is 14.5. The van der Waals surface area contributed by atoms with Gasteiger partial charge in [-0.15, -0.1) is 0 Å². The number of nitrogens with zero attached hydrogens (tertiary/aromatic N) is 2. The number of nitrogens with one attached hydrogen (secondary N) is 2. The standard InChI is InChI=1S/C23H24N4O3/c1-3-30-21(28)14-27-22(29)20(12-16-13-24-19-10-5-4-9-18(16)19)26-23(27)25-17-8-6-7-15(2)11-17/h4-11,13,20,24H,3,12,14H2,1-2H3,(H,25,26)/t20-/m0/s1. The van der Waals surface area contributed by atoms with Gasteiger partial charge in [0.1, 0.15) is 12.6 Å². The molecule has 0 fully saturated rings. The van der Waals surface area contributed by atoms with Gasteiger partial charge in [0, 0.05) is 29.2 Å². The zero-order valence-electron chi connectivity index (χ0n) is 17.0. The Balaban J connectivity index is 1.60. The number of fused-ring (bicyclic) bond motifs is 1. The molecule has 154 valence electrons. The highest BCUT2D eigenvalue weighted by molar-refractivity contribution is 6.12. The quantitative estimate of drug-likeness (QED) is 0.618. The molecule has 0 saturated carbocycles. The molecule has 0 saturated heterocycles. The minimum Gasteiger partial charge on any atom is -0.465 e. The summed E-state index contributed by atoms with van der Waals surface area (Å²) in [5.74, 6) is -0.315. The number of carbonyl (C=O) groups excluding carboxylic acids is 2. The van der Waals surface area contributed by atoms with Crippen LogP contribution in [-0.4, -0.2) is 46.9 Å². The van der Waals surface area contributed by atoms with E-state index in [2.05, 4.69) is 15.3 Å². The molecule has 0 radical (unpaired) electrons. The predicted octanol–water partition coefficient (Wildman–Crippen LogP) is 3.26. The predicted molar refractivity (Wildman–Crippen MR) is 116 cm³/mol. The van der Waals surface area contributed by atoms with Gasteiger partial charge in [-0.05, 0) is 43.2 Å². The number of aromatic amines is 1. The number of hydrogen-bond donors (Lipinski definition) is 2. The van der Waals surface area contributed by atoms with E-state index >= 15 is 0 Å². The molecule has 0 bridgehead atoms. The van der Waals surface area contributed by atoms with Gasteiger partial charge in [0.25, 0.3) is 5.91 Å². The molecule has 4 rings (SSSR count). The number of aliphatic imine (C=N–C) groups is 1. The maximum atomic E-state index is 13.1. The van der Waals surface area contributed by atoms with Gasteiger partial charge in [0.05, 0.1) is 6.61 Å². The fourth-order valence-corrected chi connectivity index (χ4v) is 3.64. The molecule has 7 nitrogen and oxygen atoms in total. The number of carbonyl (C=O) groups is 2. The van der Waals surface area contributed by atoms with Crippen molar-refractivity contribution >= 4 is 34.4 Å². The number of esters is 1. The lowest BCUT2D eigenvalue weighted by Crippen LogP contribution is -2.42. The van der Waals surface area contributed by atoms with Crippen molar-refractivity contribution in [1.29, 1.82) is 0 Å². The Kier molecular flexibility index (Phi) is 5.52. The van der Waals surface area contributed by atoms with Crippen LogP contribution in [0.15, 0.2) is 59.7 Å². The van der Waals surface area contributed by atoms with Gasteiger partial charge in [-0.1, -0.05) is 30.3 Å². The monoisotopic (exact) mass is 404 g/mol. The highest BCUT2D eigenvalue weighted by Crippen LogP contribution is 2.23. The molecule has 1 atom stereocenters. The van der Waals surface area contributed by atoms with Crippen molar-refractivity contribution in [3.8, 4) is 0 Å². The van der Waals surface area contributed by atoms with Crippen molar-refractivity contribution in [2.24, 2.45) is 4.99 Å². The van der Waals surface area contributed by atoms with Crippen LogP contribution in [0.1, 0.15) is 18.1 Å². The molecule has 2 N–H and O–H groups in total. The number of H-pyrrole nitrogens is 1. The highest BCUT2D eigenvalue weighted by atomic mass is 16.5. The number of rotatable bonds is 6. The number of benzene rings is 2. The second kappa shape index (κ2) is 8.41. The van der Waals surface area contributed by atoms with Gasteiger partial charge >= 0.3 is 5.97 Å². The van der Waals surface area contributed by atoms with Crippen LogP contribution in [0.3, 0.4) is 0 Å². The number of para-hydroxylation sites is 1. The molecular formula is C23H24N4O3. The van der Waals surface area contributed by atoms with E-state index < -0.39 is 12.0 Å². The Labute approximate surface area is 174 Å². The third kappa shape index (κ3) is 4.05. The molecule has 0 spiro atoms. The summed E-state index contributed by atoms with van der Waals surface area (Å²) in [6.07, 6.45) is 2.36. The number of ether oxygens (including phenoxy) is 1. The van der Waals surface area contributed by atoms with Crippen LogP contribution in [0.25, 0.3) is 10.9 Å². The van der Waals surface area contributed by atoms with Gasteiger partial charge in [-0.2, -0.15) is 0 Å². The first-order valence-electron chi connectivity index (χ1n) is 9.98. The second-order valence-corrected chi connectivity index (χ2v) is 7.26. The Hall–Kier alpha value is -3.61. The second-order valence-electron chi connectivity index (χ2n) is 7.26. The smallest absolute Gasteiger partial charge is 0.326 e. The van der Waals surface area contributed by atoms with Crippen LogP contribution < -0.4 is 5.32 Å². The topological polar surface area (TPSA) is 86.8 Å². The third-order valence-corrected chi connectivity index (χ3v) is 5.04. The molecule has 1 amide bonds. The molecular weight excluding hydrogens is 380 g/mol. The van der Waals surface area contributed by atoms with Gasteiger partial charge in [-0.25, -0.2) is 4.99 Å². The van der Waals surface area contributed by atoms with Crippen LogP contribution in [0.5, 0.6) is 0 Å². The van der Waals surface area contributed by atoms with E-state index in [4.69, 9.17) is 4.74 Å². The minimum absolute atomic E-state index is 0.172. The third-order valence-electron chi connectivity index (χ3n) is 5.04. The van der Waals surface area contributed by atoms with Crippen molar-refractivity contribution in [1.82, 2.24) is 9.88 Å². The molecule has 2 aromatic carbocycles. The van der Waals surface area contributed by atoms with Gasteiger partial charge < -0.3 is 15.0 Å². The summed E-state index contributed by atoms with van der Waals surface area (Å²) in [5.41, 5.74) is 3.92. The van der Waals surface area contributed by atoms with E-state index in [1.165, 1.54) is 4.90 Å². The van der Waals surface area contributed by atoms with Crippen molar-refractivity contribution < 1.29 is 14.3 Å². The van der Waals surface area contributed by atoms with Gasteiger partial charge in [0.15, 0.2) is 0 Å². The number of amides is 1. The number of aryl methyl sites for hydroxylation is 1. The van der Waals surface area contributed by atoms with Crippen molar-refractivity contribution in [3.63, 3.8) is 0 Å². The summed E-state index contributed by atoms with van der Waals surface area (Å²) < 4.78 is 5.05. The Bertz CT molecular complexity index is 1120. The Morgan fingerprint density at radius 1 is 1.23 bits per heavy atom. The minimum atomic E-state index is -0.606. The lowest BCUT2D eigenvalue weighted by Gasteiger charge is -2.19. The summed E-state index contributed by atoms with van der Waals surface area (Å²) in [4.78, 5) is 34.5. The molecule has 0 aliphatic carbocycles. The zero-order chi connectivity index (χ0) is 21.1.